The number of halogens is 1. The van der Waals surface area contributed by atoms with E-state index in [9.17, 15) is 18.0 Å². The van der Waals surface area contributed by atoms with Gasteiger partial charge in [-0.1, -0.05) is 73.3 Å². The summed E-state index contributed by atoms with van der Waals surface area (Å²) >= 11 is 6.49. The van der Waals surface area contributed by atoms with Crippen LogP contribution in [-0.4, -0.2) is 43.8 Å². The predicted octanol–water partition coefficient (Wildman–Crippen LogP) is 6.33. The largest absolute Gasteiger partial charge is 0.352 e. The Bertz CT molecular complexity index is 1520. The Morgan fingerprint density at radius 1 is 0.952 bits per heavy atom. The first-order valence-corrected chi connectivity index (χ1v) is 16.3. The molecule has 2 amide bonds. The number of benzene rings is 3. The molecule has 1 aliphatic rings. The molecule has 0 aliphatic heterocycles. The monoisotopic (exact) mass is 609 g/mol. The van der Waals surface area contributed by atoms with Crippen LogP contribution >= 0.6 is 11.6 Å². The van der Waals surface area contributed by atoms with Gasteiger partial charge in [-0.2, -0.15) is 0 Å². The van der Waals surface area contributed by atoms with Crippen molar-refractivity contribution < 1.29 is 18.0 Å². The molecule has 42 heavy (non-hydrogen) atoms. The number of aryl methyl sites for hydroxylation is 3. The smallest absolute Gasteiger partial charge is 0.264 e. The summed E-state index contributed by atoms with van der Waals surface area (Å²) in [6.07, 6.45) is 4.31. The maximum absolute atomic E-state index is 14.3. The Morgan fingerprint density at radius 2 is 1.62 bits per heavy atom. The van der Waals surface area contributed by atoms with Crippen molar-refractivity contribution in [3.63, 3.8) is 0 Å². The topological polar surface area (TPSA) is 86.8 Å². The number of carbonyl (C=O) groups excluding carboxylic acids is 2. The molecule has 0 unspecified atom stereocenters. The maximum atomic E-state index is 14.3. The predicted molar refractivity (Wildman–Crippen MR) is 168 cm³/mol. The molecule has 1 aliphatic carbocycles. The van der Waals surface area contributed by atoms with E-state index in [0.717, 1.165) is 46.7 Å². The first kappa shape index (κ1) is 31.6. The molecule has 1 atom stereocenters. The van der Waals surface area contributed by atoms with Crippen LogP contribution in [-0.2, 0) is 26.2 Å². The molecule has 0 spiro atoms. The van der Waals surface area contributed by atoms with E-state index in [1.54, 1.807) is 48.5 Å². The molecule has 7 nitrogen and oxygen atoms in total. The van der Waals surface area contributed by atoms with Crippen molar-refractivity contribution in [2.24, 2.45) is 0 Å². The molecule has 1 N–H and O–H groups in total. The molecule has 3 aromatic rings. The maximum Gasteiger partial charge on any atom is 0.264 e. The molecule has 1 fully saturated rings. The second kappa shape index (κ2) is 13.7. The summed E-state index contributed by atoms with van der Waals surface area (Å²) in [6.45, 7) is 7.19. The Morgan fingerprint density at radius 3 is 2.24 bits per heavy atom. The molecule has 0 radical (unpaired) electrons. The lowest BCUT2D eigenvalue weighted by molar-refractivity contribution is -0.140. The molecule has 0 heterocycles. The van der Waals surface area contributed by atoms with E-state index in [0.29, 0.717) is 22.7 Å². The van der Waals surface area contributed by atoms with Crippen molar-refractivity contribution in [2.45, 2.75) is 83.3 Å². The van der Waals surface area contributed by atoms with Crippen LogP contribution in [0.1, 0.15) is 61.3 Å². The first-order chi connectivity index (χ1) is 20.0. The summed E-state index contributed by atoms with van der Waals surface area (Å²) in [4.78, 5) is 29.4. The quantitative estimate of drug-likeness (QED) is 0.275. The van der Waals surface area contributed by atoms with Crippen LogP contribution in [0.4, 0.5) is 5.69 Å². The van der Waals surface area contributed by atoms with Crippen LogP contribution < -0.4 is 9.62 Å². The molecule has 0 bridgehead atoms. The molecular formula is C33H40ClN3O4S. The highest BCUT2D eigenvalue weighted by atomic mass is 35.5. The lowest BCUT2D eigenvalue weighted by Gasteiger charge is -2.34. The molecule has 3 aromatic carbocycles. The summed E-state index contributed by atoms with van der Waals surface area (Å²) < 4.78 is 29.3. The number of nitrogens with zero attached hydrogens (tertiary/aromatic N) is 2. The lowest BCUT2D eigenvalue weighted by atomic mass is 10.1. The van der Waals surface area contributed by atoms with Crippen LogP contribution in [0, 0.1) is 20.8 Å². The Kier molecular flexibility index (Phi) is 10.3. The van der Waals surface area contributed by atoms with Gasteiger partial charge in [0.1, 0.15) is 12.6 Å². The van der Waals surface area contributed by atoms with Crippen molar-refractivity contribution in [1.29, 1.82) is 0 Å². The minimum Gasteiger partial charge on any atom is -0.352 e. The molecular weight excluding hydrogens is 570 g/mol. The van der Waals surface area contributed by atoms with Gasteiger partial charge in [0, 0.05) is 17.6 Å². The van der Waals surface area contributed by atoms with Crippen molar-refractivity contribution in [1.82, 2.24) is 10.2 Å². The van der Waals surface area contributed by atoms with Crippen molar-refractivity contribution >= 4 is 39.1 Å². The summed E-state index contributed by atoms with van der Waals surface area (Å²) in [5, 5.41) is 3.60. The van der Waals surface area contributed by atoms with Crippen LogP contribution in [0.2, 0.25) is 5.02 Å². The molecule has 0 saturated heterocycles. The number of amides is 2. The summed E-state index contributed by atoms with van der Waals surface area (Å²) in [7, 11) is -4.12. The van der Waals surface area contributed by atoms with E-state index in [1.165, 1.54) is 4.90 Å². The van der Waals surface area contributed by atoms with E-state index in [1.807, 2.05) is 45.9 Å². The Hall–Kier alpha value is -3.36. The number of sulfonamides is 1. The lowest BCUT2D eigenvalue weighted by Crippen LogP contribution is -2.53. The van der Waals surface area contributed by atoms with Crippen molar-refractivity contribution in [2.75, 3.05) is 10.8 Å². The molecule has 0 aromatic heterocycles. The van der Waals surface area contributed by atoms with E-state index in [2.05, 4.69) is 5.32 Å². The van der Waals surface area contributed by atoms with Gasteiger partial charge in [0.25, 0.3) is 10.0 Å². The summed E-state index contributed by atoms with van der Waals surface area (Å²) in [5.41, 5.74) is 3.90. The molecule has 9 heteroatoms. The highest BCUT2D eigenvalue weighted by Gasteiger charge is 2.35. The SMILES string of the molecule is CC[C@@H](C(=O)NC1CCCC1)N(Cc1ccccc1Cl)C(=O)CN(c1ccc(C)c(C)c1)S(=O)(=O)c1ccc(C)cc1. The molecule has 224 valence electrons. The highest BCUT2D eigenvalue weighted by Crippen LogP contribution is 2.28. The average Bonchev–Trinajstić information content (AvgIpc) is 3.47. The number of rotatable bonds is 11. The second-order valence-electron chi connectivity index (χ2n) is 11.1. The van der Waals surface area contributed by atoms with Crippen LogP contribution in [0.25, 0.3) is 0 Å². The normalized spacial score (nSPS) is 14.4. The third kappa shape index (κ3) is 7.34. The van der Waals surface area contributed by atoms with Gasteiger partial charge in [0.05, 0.1) is 10.6 Å². The molecule has 4 rings (SSSR count). The van der Waals surface area contributed by atoms with Gasteiger partial charge in [-0.15, -0.1) is 0 Å². The second-order valence-corrected chi connectivity index (χ2v) is 13.4. The van der Waals surface area contributed by atoms with Crippen molar-refractivity contribution in [3.8, 4) is 0 Å². The van der Waals surface area contributed by atoms with E-state index in [-0.39, 0.29) is 23.4 Å². The highest BCUT2D eigenvalue weighted by molar-refractivity contribution is 7.92. The van der Waals surface area contributed by atoms with Gasteiger partial charge in [-0.25, -0.2) is 8.42 Å². The summed E-state index contributed by atoms with van der Waals surface area (Å²) in [5.74, 6) is -0.721. The Balaban J connectivity index is 1.74. The molecule has 1 saturated carbocycles. The van der Waals surface area contributed by atoms with Gasteiger partial charge in [-0.3, -0.25) is 13.9 Å². The number of anilines is 1. The minimum atomic E-state index is -4.12. The van der Waals surface area contributed by atoms with Gasteiger partial charge in [-0.05, 0) is 87.1 Å². The van der Waals surface area contributed by atoms with E-state index < -0.39 is 28.5 Å². The van der Waals surface area contributed by atoms with Crippen molar-refractivity contribution in [3.05, 3.63) is 94.0 Å². The van der Waals surface area contributed by atoms with Gasteiger partial charge in [0.2, 0.25) is 11.8 Å². The zero-order chi connectivity index (χ0) is 30.4. The average molecular weight is 610 g/mol. The minimum absolute atomic E-state index is 0.0699. The number of hydrogen-bond donors (Lipinski definition) is 1. The number of carbonyl (C=O) groups is 2. The van der Waals surface area contributed by atoms with Crippen LogP contribution in [0.3, 0.4) is 0 Å². The van der Waals surface area contributed by atoms with E-state index >= 15 is 0 Å². The standard InChI is InChI=1S/C33H40ClN3O4S/c1-5-31(33(39)35-27-11-7-8-12-27)36(21-26-10-6-9-13-30(26)34)32(38)22-37(28-17-16-24(3)25(4)20-28)42(40,41)29-18-14-23(2)15-19-29/h6,9-10,13-20,27,31H,5,7-8,11-12,21-22H2,1-4H3,(H,35,39)/t31-/m0/s1. The fourth-order valence-electron chi connectivity index (χ4n) is 5.34. The first-order valence-electron chi connectivity index (χ1n) is 14.5. The fraction of sp³-hybridized carbons (Fsp3) is 0.394. The fourth-order valence-corrected chi connectivity index (χ4v) is 6.95. The zero-order valence-corrected chi connectivity index (χ0v) is 26.3. The third-order valence-electron chi connectivity index (χ3n) is 8.05. The van der Waals surface area contributed by atoms with E-state index in [4.69, 9.17) is 11.6 Å². The Labute approximate surface area is 254 Å². The summed E-state index contributed by atoms with van der Waals surface area (Å²) in [6, 6.07) is 18.4. The van der Waals surface area contributed by atoms with Gasteiger partial charge in [0.15, 0.2) is 0 Å². The number of hydrogen-bond acceptors (Lipinski definition) is 4. The van der Waals surface area contributed by atoms with Gasteiger partial charge >= 0.3 is 0 Å². The third-order valence-corrected chi connectivity index (χ3v) is 10.2. The van der Waals surface area contributed by atoms with Crippen LogP contribution in [0.5, 0.6) is 0 Å². The van der Waals surface area contributed by atoms with Gasteiger partial charge < -0.3 is 10.2 Å². The van der Waals surface area contributed by atoms with Crippen LogP contribution in [0.15, 0.2) is 71.6 Å². The number of nitrogens with one attached hydrogen (secondary N) is 1. The zero-order valence-electron chi connectivity index (χ0n) is 24.8.